The zero-order chi connectivity index (χ0) is 26.6. The number of anilines is 6. The number of carbonyl (C=O) groups excluding carboxylic acids is 1. The van der Waals surface area contributed by atoms with E-state index in [9.17, 15) is 17.6 Å². The summed E-state index contributed by atoms with van der Waals surface area (Å²) in [7, 11) is -1.90. The third kappa shape index (κ3) is 6.63. The monoisotopic (exact) mass is 519 g/mol. The Hall–Kier alpha value is -4.41. The lowest BCUT2D eigenvalue weighted by Gasteiger charge is -2.21. The third-order valence-corrected chi connectivity index (χ3v) is 6.48. The lowest BCUT2D eigenvalue weighted by molar-refractivity contribution is 0.262. The van der Waals surface area contributed by atoms with Crippen molar-refractivity contribution in [2.75, 3.05) is 27.9 Å². The number of amides is 2. The molecule has 10 heteroatoms. The summed E-state index contributed by atoms with van der Waals surface area (Å²) in [6.45, 7) is 1.81. The molecule has 5 N–H and O–H groups in total. The van der Waals surface area contributed by atoms with Crippen LogP contribution in [0.15, 0.2) is 95.9 Å². The molecule has 0 radical (unpaired) electrons. The molecule has 2 amide bonds. The first-order valence-electron chi connectivity index (χ1n) is 11.3. The molecule has 0 saturated heterocycles. The second-order valence-electron chi connectivity index (χ2n) is 8.42. The Morgan fingerprint density at radius 3 is 2.19 bits per heavy atom. The van der Waals surface area contributed by atoms with Gasteiger partial charge in [0, 0.05) is 35.5 Å². The van der Waals surface area contributed by atoms with Crippen molar-refractivity contribution in [2.45, 2.75) is 11.8 Å². The molecule has 0 heterocycles. The number of halogens is 1. The first-order valence-corrected chi connectivity index (χ1v) is 12.8. The number of hydrogen-bond acceptors (Lipinski definition) is 5. The van der Waals surface area contributed by atoms with Crippen LogP contribution in [-0.2, 0) is 10.0 Å². The van der Waals surface area contributed by atoms with E-state index in [-0.39, 0.29) is 10.6 Å². The number of hydrogen-bond donors (Lipinski definition) is 4. The second kappa shape index (κ2) is 10.7. The van der Waals surface area contributed by atoms with Crippen LogP contribution in [0.4, 0.5) is 43.3 Å². The molecule has 0 aromatic heterocycles. The predicted octanol–water partition coefficient (Wildman–Crippen LogP) is 5.94. The SMILES string of the molecule is Cc1ccc(F)c(NC(=O)Nc2ccc(N(C)c3cccc(Nc4cccc(S(N)(=O)=O)c4)c3)cc2)c1. The Balaban J connectivity index is 1.43. The van der Waals surface area contributed by atoms with Gasteiger partial charge in [0.25, 0.3) is 0 Å². The highest BCUT2D eigenvalue weighted by Gasteiger charge is 2.11. The largest absolute Gasteiger partial charge is 0.355 e. The molecular weight excluding hydrogens is 493 g/mol. The van der Waals surface area contributed by atoms with Gasteiger partial charge in [-0.1, -0.05) is 18.2 Å². The van der Waals surface area contributed by atoms with Crippen LogP contribution in [0.2, 0.25) is 0 Å². The number of carbonyl (C=O) groups is 1. The van der Waals surface area contributed by atoms with E-state index >= 15 is 0 Å². The van der Waals surface area contributed by atoms with Crippen LogP contribution >= 0.6 is 0 Å². The maximum absolute atomic E-state index is 13.9. The number of urea groups is 1. The molecule has 4 rings (SSSR count). The fourth-order valence-electron chi connectivity index (χ4n) is 3.65. The van der Waals surface area contributed by atoms with Crippen LogP contribution in [0.1, 0.15) is 5.56 Å². The normalized spacial score (nSPS) is 11.0. The van der Waals surface area contributed by atoms with Gasteiger partial charge >= 0.3 is 6.03 Å². The van der Waals surface area contributed by atoms with Gasteiger partial charge < -0.3 is 20.9 Å². The van der Waals surface area contributed by atoms with Gasteiger partial charge in [0.05, 0.1) is 10.6 Å². The van der Waals surface area contributed by atoms with Crippen LogP contribution < -0.4 is 26.0 Å². The van der Waals surface area contributed by atoms with Crippen molar-refractivity contribution in [3.8, 4) is 0 Å². The van der Waals surface area contributed by atoms with Gasteiger partial charge in [0.15, 0.2) is 0 Å². The molecule has 190 valence electrons. The summed E-state index contributed by atoms with van der Waals surface area (Å²) >= 11 is 0. The minimum Gasteiger partial charge on any atom is -0.355 e. The van der Waals surface area contributed by atoms with E-state index in [1.54, 1.807) is 36.4 Å². The average molecular weight is 520 g/mol. The molecule has 37 heavy (non-hydrogen) atoms. The van der Waals surface area contributed by atoms with Gasteiger partial charge in [-0.05, 0) is 85.3 Å². The predicted molar refractivity (Wildman–Crippen MR) is 146 cm³/mol. The van der Waals surface area contributed by atoms with Crippen LogP contribution in [0.3, 0.4) is 0 Å². The Morgan fingerprint density at radius 1 is 0.811 bits per heavy atom. The number of benzene rings is 4. The van der Waals surface area contributed by atoms with Crippen molar-refractivity contribution in [3.05, 3.63) is 102 Å². The summed E-state index contributed by atoms with van der Waals surface area (Å²) < 4.78 is 37.2. The van der Waals surface area contributed by atoms with E-state index in [0.717, 1.165) is 22.6 Å². The molecule has 4 aromatic carbocycles. The van der Waals surface area contributed by atoms with Gasteiger partial charge in [-0.15, -0.1) is 0 Å². The van der Waals surface area contributed by atoms with Crippen LogP contribution in [0.5, 0.6) is 0 Å². The zero-order valence-electron chi connectivity index (χ0n) is 20.2. The fourth-order valence-corrected chi connectivity index (χ4v) is 4.21. The molecular formula is C27H26FN5O3S. The molecule has 0 atom stereocenters. The summed E-state index contributed by atoms with van der Waals surface area (Å²) in [6.07, 6.45) is 0. The molecule has 0 aliphatic rings. The smallest absolute Gasteiger partial charge is 0.323 e. The number of nitrogens with two attached hydrogens (primary N) is 1. The Labute approximate surface area is 215 Å². The van der Waals surface area contributed by atoms with Crippen molar-refractivity contribution in [1.29, 1.82) is 0 Å². The van der Waals surface area contributed by atoms with Crippen molar-refractivity contribution < 1.29 is 17.6 Å². The van der Waals surface area contributed by atoms with Gasteiger partial charge in [-0.25, -0.2) is 22.7 Å². The number of nitrogens with one attached hydrogen (secondary N) is 3. The van der Waals surface area contributed by atoms with Crippen molar-refractivity contribution in [1.82, 2.24) is 0 Å². The van der Waals surface area contributed by atoms with E-state index in [0.29, 0.717) is 11.4 Å². The van der Waals surface area contributed by atoms with Crippen LogP contribution in [0, 0.1) is 12.7 Å². The van der Waals surface area contributed by atoms with Crippen LogP contribution in [-0.4, -0.2) is 21.5 Å². The number of rotatable bonds is 7. The average Bonchev–Trinajstić information content (AvgIpc) is 2.86. The summed E-state index contributed by atoms with van der Waals surface area (Å²) in [6, 6.07) is 25.0. The van der Waals surface area contributed by atoms with E-state index in [1.807, 2.05) is 55.3 Å². The first kappa shape index (κ1) is 25.7. The van der Waals surface area contributed by atoms with E-state index < -0.39 is 21.9 Å². The van der Waals surface area contributed by atoms with Gasteiger partial charge in [-0.2, -0.15) is 0 Å². The molecule has 0 unspecified atom stereocenters. The van der Waals surface area contributed by atoms with Gasteiger partial charge in [-0.3, -0.25) is 0 Å². The van der Waals surface area contributed by atoms with Crippen molar-refractivity contribution in [3.63, 3.8) is 0 Å². The molecule has 0 fully saturated rings. The van der Waals surface area contributed by atoms with E-state index in [2.05, 4.69) is 16.0 Å². The number of sulfonamides is 1. The van der Waals surface area contributed by atoms with Crippen molar-refractivity contribution in [2.24, 2.45) is 5.14 Å². The highest BCUT2D eigenvalue weighted by Crippen LogP contribution is 2.29. The maximum Gasteiger partial charge on any atom is 0.323 e. The molecule has 0 aliphatic heterocycles. The molecule has 8 nitrogen and oxygen atoms in total. The van der Waals surface area contributed by atoms with Crippen molar-refractivity contribution >= 4 is 50.2 Å². The van der Waals surface area contributed by atoms with Gasteiger partial charge in [0.2, 0.25) is 10.0 Å². The molecule has 0 spiro atoms. The number of primary sulfonamides is 1. The highest BCUT2D eigenvalue weighted by molar-refractivity contribution is 7.89. The van der Waals surface area contributed by atoms with Gasteiger partial charge in [0.1, 0.15) is 5.82 Å². The molecule has 0 aliphatic carbocycles. The fraction of sp³-hybridized carbons (Fsp3) is 0.0741. The topological polar surface area (TPSA) is 117 Å². The molecule has 4 aromatic rings. The summed E-state index contributed by atoms with van der Waals surface area (Å²) in [5, 5.41) is 13.6. The number of aryl methyl sites for hydroxylation is 1. The first-order chi connectivity index (χ1) is 17.6. The minimum atomic E-state index is -3.80. The standard InChI is InChI=1S/C27H26FN5O3S/c1-18-9-14-25(28)26(15-18)32-27(34)31-19-10-12-22(13-11-19)33(2)23-7-3-5-20(16-23)30-21-6-4-8-24(17-21)37(29,35)36/h3-17,30H,1-2H3,(H2,29,35,36)(H2,31,32,34). The summed E-state index contributed by atoms with van der Waals surface area (Å²) in [4.78, 5) is 14.3. The third-order valence-electron chi connectivity index (χ3n) is 5.57. The minimum absolute atomic E-state index is 0.0252. The quantitative estimate of drug-likeness (QED) is 0.241. The Bertz CT molecular complexity index is 1540. The zero-order valence-corrected chi connectivity index (χ0v) is 21.0. The molecule has 0 saturated carbocycles. The Kier molecular flexibility index (Phi) is 7.42. The summed E-state index contributed by atoms with van der Waals surface area (Å²) in [5.41, 5.74) is 4.58. The lowest BCUT2D eigenvalue weighted by Crippen LogP contribution is -2.20. The Morgan fingerprint density at radius 2 is 1.49 bits per heavy atom. The maximum atomic E-state index is 13.9. The second-order valence-corrected chi connectivity index (χ2v) is 9.98. The lowest BCUT2D eigenvalue weighted by atomic mass is 10.2. The molecule has 0 bridgehead atoms. The number of nitrogens with zero attached hydrogens (tertiary/aromatic N) is 1. The van der Waals surface area contributed by atoms with E-state index in [4.69, 9.17) is 5.14 Å². The van der Waals surface area contributed by atoms with Crippen LogP contribution in [0.25, 0.3) is 0 Å². The highest BCUT2D eigenvalue weighted by atomic mass is 32.2. The summed E-state index contributed by atoms with van der Waals surface area (Å²) in [5.74, 6) is -0.508. The van der Waals surface area contributed by atoms with E-state index in [1.165, 1.54) is 18.2 Å².